The van der Waals surface area contributed by atoms with E-state index in [2.05, 4.69) is 25.7 Å². The predicted octanol–water partition coefficient (Wildman–Crippen LogP) is 4.60. The SMILES string of the molecule is CN(C)Cc1cc(Br)cnc1Oc1ccc(OC(F)(F)F)cc1. The van der Waals surface area contributed by atoms with E-state index in [-0.39, 0.29) is 5.75 Å². The van der Waals surface area contributed by atoms with Gasteiger partial charge in [-0.3, -0.25) is 0 Å². The Hall–Kier alpha value is -1.80. The first-order valence-electron chi connectivity index (χ1n) is 6.56. The number of hydrogen-bond acceptors (Lipinski definition) is 4. The van der Waals surface area contributed by atoms with Crippen LogP contribution in [0.4, 0.5) is 13.2 Å². The molecule has 0 saturated carbocycles. The van der Waals surface area contributed by atoms with Crippen LogP contribution < -0.4 is 9.47 Å². The summed E-state index contributed by atoms with van der Waals surface area (Å²) in [6.07, 6.45) is -3.12. The zero-order chi connectivity index (χ0) is 17.0. The number of nitrogens with zero attached hydrogens (tertiary/aromatic N) is 2. The molecule has 1 aromatic heterocycles. The van der Waals surface area contributed by atoms with E-state index in [1.165, 1.54) is 24.3 Å². The second-order valence-electron chi connectivity index (χ2n) is 4.98. The maximum absolute atomic E-state index is 12.1. The Kier molecular flexibility index (Phi) is 5.48. The summed E-state index contributed by atoms with van der Waals surface area (Å²) in [5.74, 6) is 0.461. The number of aromatic nitrogens is 1. The Labute approximate surface area is 140 Å². The van der Waals surface area contributed by atoms with Crippen molar-refractivity contribution < 1.29 is 22.6 Å². The summed E-state index contributed by atoms with van der Waals surface area (Å²) in [6, 6.07) is 7.04. The van der Waals surface area contributed by atoms with Crippen molar-refractivity contribution in [2.45, 2.75) is 12.9 Å². The summed E-state index contributed by atoms with van der Waals surface area (Å²) in [5, 5.41) is 0. The summed E-state index contributed by atoms with van der Waals surface area (Å²) in [4.78, 5) is 6.16. The molecule has 1 heterocycles. The molecule has 2 rings (SSSR count). The van der Waals surface area contributed by atoms with E-state index in [1.54, 1.807) is 6.20 Å². The molecule has 4 nitrogen and oxygen atoms in total. The van der Waals surface area contributed by atoms with E-state index < -0.39 is 6.36 Å². The molecule has 0 N–H and O–H groups in total. The van der Waals surface area contributed by atoms with E-state index in [4.69, 9.17) is 4.74 Å². The molecule has 2 aromatic rings. The third kappa shape index (κ3) is 5.72. The van der Waals surface area contributed by atoms with E-state index in [0.29, 0.717) is 18.2 Å². The highest BCUT2D eigenvalue weighted by molar-refractivity contribution is 9.10. The van der Waals surface area contributed by atoms with Crippen molar-refractivity contribution in [1.29, 1.82) is 0 Å². The molecule has 124 valence electrons. The summed E-state index contributed by atoms with van der Waals surface area (Å²) >= 11 is 3.35. The van der Waals surface area contributed by atoms with Crippen LogP contribution in [0.25, 0.3) is 0 Å². The summed E-state index contributed by atoms with van der Waals surface area (Å²) in [6.45, 7) is 0.608. The fraction of sp³-hybridized carbons (Fsp3) is 0.267. The number of alkyl halides is 3. The topological polar surface area (TPSA) is 34.6 Å². The first-order chi connectivity index (χ1) is 10.7. The Balaban J connectivity index is 2.16. The highest BCUT2D eigenvalue weighted by atomic mass is 79.9. The third-order valence-corrected chi connectivity index (χ3v) is 3.08. The van der Waals surface area contributed by atoms with Gasteiger partial charge >= 0.3 is 6.36 Å². The average Bonchev–Trinajstić information content (AvgIpc) is 2.41. The van der Waals surface area contributed by atoms with Crippen LogP contribution in [0.5, 0.6) is 17.4 Å². The van der Waals surface area contributed by atoms with Crippen LogP contribution in [0.2, 0.25) is 0 Å². The highest BCUT2D eigenvalue weighted by Crippen LogP contribution is 2.29. The molecule has 0 radical (unpaired) electrons. The molecule has 23 heavy (non-hydrogen) atoms. The van der Waals surface area contributed by atoms with Crippen LogP contribution in [0.1, 0.15) is 5.56 Å². The van der Waals surface area contributed by atoms with Gasteiger partial charge in [-0.05, 0) is 60.4 Å². The van der Waals surface area contributed by atoms with Crippen molar-refractivity contribution in [1.82, 2.24) is 9.88 Å². The smallest absolute Gasteiger partial charge is 0.439 e. The minimum absolute atomic E-state index is 0.304. The van der Waals surface area contributed by atoms with Crippen LogP contribution >= 0.6 is 15.9 Å². The standard InChI is InChI=1S/C15H14BrF3N2O2/c1-21(2)9-10-7-11(16)8-20-14(10)22-12-3-5-13(6-4-12)23-15(17,18)19/h3-8H,9H2,1-2H3. The maximum Gasteiger partial charge on any atom is 0.573 e. The first-order valence-corrected chi connectivity index (χ1v) is 7.35. The fourth-order valence-electron chi connectivity index (χ4n) is 1.84. The van der Waals surface area contributed by atoms with E-state index in [1.807, 2.05) is 25.1 Å². The zero-order valence-electron chi connectivity index (χ0n) is 12.4. The lowest BCUT2D eigenvalue weighted by atomic mass is 10.2. The first kappa shape index (κ1) is 17.6. The molecular formula is C15H14BrF3N2O2. The van der Waals surface area contributed by atoms with Gasteiger partial charge in [0.2, 0.25) is 5.88 Å². The van der Waals surface area contributed by atoms with Crippen LogP contribution in [0.3, 0.4) is 0 Å². The van der Waals surface area contributed by atoms with Gasteiger partial charge in [0, 0.05) is 22.8 Å². The zero-order valence-corrected chi connectivity index (χ0v) is 14.0. The van der Waals surface area contributed by atoms with Gasteiger partial charge in [-0.2, -0.15) is 0 Å². The van der Waals surface area contributed by atoms with Crippen molar-refractivity contribution in [3.63, 3.8) is 0 Å². The minimum atomic E-state index is -4.71. The molecule has 0 saturated heterocycles. The summed E-state index contributed by atoms with van der Waals surface area (Å²) in [7, 11) is 3.82. The predicted molar refractivity (Wildman–Crippen MR) is 82.5 cm³/mol. The van der Waals surface area contributed by atoms with Crippen LogP contribution in [-0.2, 0) is 6.54 Å². The molecule has 0 bridgehead atoms. The second kappa shape index (κ2) is 7.18. The van der Waals surface area contributed by atoms with Gasteiger partial charge in [-0.25, -0.2) is 4.98 Å². The number of rotatable bonds is 5. The van der Waals surface area contributed by atoms with Crippen LogP contribution in [0.15, 0.2) is 41.0 Å². The third-order valence-electron chi connectivity index (χ3n) is 2.65. The molecule has 0 spiro atoms. The Morgan fingerprint density at radius 1 is 1.13 bits per heavy atom. The summed E-state index contributed by atoms with van der Waals surface area (Å²) < 4.78 is 46.7. The maximum atomic E-state index is 12.1. The molecule has 0 unspecified atom stereocenters. The molecule has 0 aliphatic carbocycles. The number of ether oxygens (including phenoxy) is 2. The Morgan fingerprint density at radius 2 is 1.74 bits per heavy atom. The van der Waals surface area contributed by atoms with E-state index in [9.17, 15) is 13.2 Å². The number of benzene rings is 1. The fourth-order valence-corrected chi connectivity index (χ4v) is 2.21. The number of pyridine rings is 1. The van der Waals surface area contributed by atoms with Gasteiger partial charge in [-0.15, -0.1) is 13.2 Å². The van der Waals surface area contributed by atoms with Gasteiger partial charge in [0.15, 0.2) is 0 Å². The second-order valence-corrected chi connectivity index (χ2v) is 5.89. The molecule has 8 heteroatoms. The molecule has 1 aromatic carbocycles. The van der Waals surface area contributed by atoms with Gasteiger partial charge in [0.1, 0.15) is 11.5 Å². The minimum Gasteiger partial charge on any atom is -0.439 e. The van der Waals surface area contributed by atoms with Gasteiger partial charge in [-0.1, -0.05) is 0 Å². The highest BCUT2D eigenvalue weighted by Gasteiger charge is 2.31. The quantitative estimate of drug-likeness (QED) is 0.747. The lowest BCUT2D eigenvalue weighted by Gasteiger charge is -2.14. The monoisotopic (exact) mass is 390 g/mol. The van der Waals surface area contributed by atoms with Crippen molar-refractivity contribution >= 4 is 15.9 Å². The lowest BCUT2D eigenvalue weighted by molar-refractivity contribution is -0.274. The van der Waals surface area contributed by atoms with E-state index in [0.717, 1.165) is 10.0 Å². The van der Waals surface area contributed by atoms with Gasteiger partial charge < -0.3 is 14.4 Å². The Bertz CT molecular complexity index is 661. The molecule has 0 aliphatic rings. The van der Waals surface area contributed by atoms with Crippen molar-refractivity contribution in [2.24, 2.45) is 0 Å². The molecule has 0 atom stereocenters. The van der Waals surface area contributed by atoms with Gasteiger partial charge in [0.05, 0.1) is 0 Å². The summed E-state index contributed by atoms with van der Waals surface area (Å²) in [5.41, 5.74) is 0.847. The normalized spacial score (nSPS) is 11.6. The van der Waals surface area contributed by atoms with Crippen LogP contribution in [0, 0.1) is 0 Å². The van der Waals surface area contributed by atoms with Crippen molar-refractivity contribution in [3.8, 4) is 17.4 Å². The van der Waals surface area contributed by atoms with Crippen LogP contribution in [-0.4, -0.2) is 30.3 Å². The van der Waals surface area contributed by atoms with Gasteiger partial charge in [0.25, 0.3) is 0 Å². The number of halogens is 4. The Morgan fingerprint density at radius 3 is 2.30 bits per heavy atom. The largest absolute Gasteiger partial charge is 0.573 e. The molecule has 0 fully saturated rings. The molecular weight excluding hydrogens is 377 g/mol. The lowest BCUT2D eigenvalue weighted by Crippen LogP contribution is -2.16. The van der Waals surface area contributed by atoms with E-state index >= 15 is 0 Å². The van der Waals surface area contributed by atoms with Crippen molar-refractivity contribution in [2.75, 3.05) is 14.1 Å². The molecule has 0 amide bonds. The molecule has 0 aliphatic heterocycles. The average molecular weight is 391 g/mol. The number of hydrogen-bond donors (Lipinski definition) is 0. The van der Waals surface area contributed by atoms with Crippen molar-refractivity contribution in [3.05, 3.63) is 46.6 Å².